The van der Waals surface area contributed by atoms with E-state index in [1.807, 2.05) is 24.7 Å². The van der Waals surface area contributed by atoms with Gasteiger partial charge in [0.1, 0.15) is 16.5 Å². The third-order valence-corrected chi connectivity index (χ3v) is 4.13. The lowest BCUT2D eigenvalue weighted by Gasteiger charge is -2.09. The Morgan fingerprint density at radius 2 is 2.14 bits per heavy atom. The molecular formula is C14H18N6S. The fraction of sp³-hybridized carbons (Fsp3) is 0.357. The number of imidazole rings is 1. The highest BCUT2D eigenvalue weighted by molar-refractivity contribution is 7.18. The summed E-state index contributed by atoms with van der Waals surface area (Å²) in [5.74, 6) is 2.48. The molecule has 7 heteroatoms. The van der Waals surface area contributed by atoms with Gasteiger partial charge in [-0.15, -0.1) is 11.3 Å². The van der Waals surface area contributed by atoms with Gasteiger partial charge in [-0.05, 0) is 19.9 Å². The van der Waals surface area contributed by atoms with Crippen LogP contribution in [0.3, 0.4) is 0 Å². The topological polar surface area (TPSA) is 67.7 Å². The van der Waals surface area contributed by atoms with Gasteiger partial charge in [-0.25, -0.2) is 9.97 Å². The van der Waals surface area contributed by atoms with Crippen LogP contribution >= 0.6 is 11.3 Å². The monoisotopic (exact) mass is 302 g/mol. The molecule has 3 aromatic heterocycles. The number of aryl methyl sites for hydroxylation is 2. The smallest absolute Gasteiger partial charge is 0.226 e. The first-order chi connectivity index (χ1) is 10.2. The van der Waals surface area contributed by atoms with E-state index in [1.54, 1.807) is 17.5 Å². The highest BCUT2D eigenvalue weighted by Gasteiger charge is 2.11. The summed E-state index contributed by atoms with van der Waals surface area (Å²) in [4.78, 5) is 15.7. The summed E-state index contributed by atoms with van der Waals surface area (Å²) in [6, 6.07) is 2.12. The Balaban J connectivity index is 1.93. The Morgan fingerprint density at radius 1 is 1.29 bits per heavy atom. The van der Waals surface area contributed by atoms with Crippen LogP contribution in [-0.2, 0) is 13.6 Å². The van der Waals surface area contributed by atoms with Crippen LogP contribution in [0.2, 0.25) is 0 Å². The van der Waals surface area contributed by atoms with E-state index in [0.717, 1.165) is 28.4 Å². The molecule has 0 spiro atoms. The highest BCUT2D eigenvalue weighted by Crippen LogP contribution is 2.29. The molecule has 0 aliphatic heterocycles. The molecule has 0 unspecified atom stereocenters. The number of anilines is 2. The van der Waals surface area contributed by atoms with Crippen LogP contribution in [0.25, 0.3) is 10.2 Å². The number of rotatable bonds is 5. The molecule has 0 radical (unpaired) electrons. The molecule has 110 valence electrons. The predicted octanol–water partition coefficient (Wildman–Crippen LogP) is 2.78. The lowest BCUT2D eigenvalue weighted by atomic mass is 10.3. The molecule has 3 heterocycles. The van der Waals surface area contributed by atoms with Gasteiger partial charge in [0.05, 0.1) is 11.9 Å². The molecule has 6 nitrogen and oxygen atoms in total. The van der Waals surface area contributed by atoms with Gasteiger partial charge < -0.3 is 15.2 Å². The molecule has 0 aromatic carbocycles. The minimum Gasteiger partial charge on any atom is -0.362 e. The van der Waals surface area contributed by atoms with Crippen molar-refractivity contribution in [3.05, 3.63) is 29.2 Å². The van der Waals surface area contributed by atoms with Gasteiger partial charge in [0.15, 0.2) is 0 Å². The van der Waals surface area contributed by atoms with E-state index in [2.05, 4.69) is 38.6 Å². The summed E-state index contributed by atoms with van der Waals surface area (Å²) in [6.07, 6.45) is 3.73. The van der Waals surface area contributed by atoms with Crippen LogP contribution in [-0.4, -0.2) is 26.1 Å². The van der Waals surface area contributed by atoms with Crippen molar-refractivity contribution in [3.8, 4) is 0 Å². The lowest BCUT2D eigenvalue weighted by molar-refractivity contribution is 0.811. The number of nitrogens with one attached hydrogen (secondary N) is 2. The van der Waals surface area contributed by atoms with Gasteiger partial charge in [0.25, 0.3) is 0 Å². The van der Waals surface area contributed by atoms with Crippen molar-refractivity contribution >= 4 is 33.3 Å². The first kappa shape index (κ1) is 13.8. The van der Waals surface area contributed by atoms with Crippen molar-refractivity contribution < 1.29 is 0 Å². The second kappa shape index (κ2) is 5.69. The Bertz CT molecular complexity index is 760. The van der Waals surface area contributed by atoms with E-state index in [9.17, 15) is 0 Å². The third kappa shape index (κ3) is 2.82. The molecule has 0 saturated heterocycles. The molecule has 0 bridgehead atoms. The molecule has 3 rings (SSSR count). The molecule has 0 aliphatic carbocycles. The van der Waals surface area contributed by atoms with Gasteiger partial charge in [-0.2, -0.15) is 4.98 Å². The zero-order chi connectivity index (χ0) is 14.8. The number of aromatic nitrogens is 4. The van der Waals surface area contributed by atoms with E-state index in [4.69, 9.17) is 0 Å². The molecule has 0 atom stereocenters. The Hall–Kier alpha value is -2.15. The average molecular weight is 302 g/mol. The summed E-state index contributed by atoms with van der Waals surface area (Å²) in [7, 11) is 1.98. The molecular weight excluding hydrogens is 284 g/mol. The first-order valence-electron chi connectivity index (χ1n) is 6.89. The summed E-state index contributed by atoms with van der Waals surface area (Å²) < 4.78 is 2.00. The maximum atomic E-state index is 4.57. The zero-order valence-corrected chi connectivity index (χ0v) is 13.2. The van der Waals surface area contributed by atoms with Crippen LogP contribution in [0, 0.1) is 6.92 Å². The van der Waals surface area contributed by atoms with Gasteiger partial charge in [0, 0.05) is 30.9 Å². The minimum atomic E-state index is 0.635. The number of hydrogen-bond acceptors (Lipinski definition) is 6. The first-order valence-corrected chi connectivity index (χ1v) is 7.71. The van der Waals surface area contributed by atoms with Crippen molar-refractivity contribution in [3.63, 3.8) is 0 Å². The summed E-state index contributed by atoms with van der Waals surface area (Å²) >= 11 is 1.68. The molecule has 0 saturated carbocycles. The van der Waals surface area contributed by atoms with Crippen LogP contribution in [0.15, 0.2) is 18.5 Å². The van der Waals surface area contributed by atoms with Crippen molar-refractivity contribution in [1.29, 1.82) is 0 Å². The van der Waals surface area contributed by atoms with Crippen LogP contribution in [0.1, 0.15) is 17.6 Å². The molecule has 0 fully saturated rings. The largest absolute Gasteiger partial charge is 0.362 e. The van der Waals surface area contributed by atoms with Crippen molar-refractivity contribution in [1.82, 2.24) is 19.5 Å². The minimum absolute atomic E-state index is 0.635. The van der Waals surface area contributed by atoms with Crippen LogP contribution < -0.4 is 10.6 Å². The fourth-order valence-electron chi connectivity index (χ4n) is 2.14. The summed E-state index contributed by atoms with van der Waals surface area (Å²) in [6.45, 7) is 5.56. The summed E-state index contributed by atoms with van der Waals surface area (Å²) in [5, 5.41) is 7.62. The van der Waals surface area contributed by atoms with E-state index < -0.39 is 0 Å². The SMILES string of the molecule is CCNc1nc(NCc2nccn2C)c2cc(C)sc2n1. The maximum absolute atomic E-state index is 4.57. The van der Waals surface area contributed by atoms with Gasteiger partial charge >= 0.3 is 0 Å². The average Bonchev–Trinajstić information content (AvgIpc) is 3.01. The number of thiophene rings is 1. The second-order valence-electron chi connectivity index (χ2n) is 4.81. The van der Waals surface area contributed by atoms with E-state index >= 15 is 0 Å². The number of hydrogen-bond donors (Lipinski definition) is 2. The molecule has 0 amide bonds. The Labute approximate surface area is 127 Å². The van der Waals surface area contributed by atoms with E-state index in [1.165, 1.54) is 4.88 Å². The van der Waals surface area contributed by atoms with Crippen LogP contribution in [0.5, 0.6) is 0 Å². The van der Waals surface area contributed by atoms with Crippen molar-refractivity contribution in [2.24, 2.45) is 7.05 Å². The third-order valence-electron chi connectivity index (χ3n) is 3.19. The fourth-order valence-corrected chi connectivity index (χ4v) is 3.02. The number of fused-ring (bicyclic) bond motifs is 1. The standard InChI is InChI=1S/C14H18N6S/c1-4-15-14-18-12(10-7-9(2)21-13(10)19-14)17-8-11-16-5-6-20(11)3/h5-7H,4,8H2,1-3H3,(H2,15,17,18,19). The normalized spacial score (nSPS) is 11.0. The van der Waals surface area contributed by atoms with Gasteiger partial charge in [-0.3, -0.25) is 0 Å². The lowest BCUT2D eigenvalue weighted by Crippen LogP contribution is -2.09. The van der Waals surface area contributed by atoms with E-state index in [-0.39, 0.29) is 0 Å². The number of nitrogens with zero attached hydrogens (tertiary/aromatic N) is 4. The molecule has 0 aliphatic rings. The Kier molecular flexibility index (Phi) is 3.74. The second-order valence-corrected chi connectivity index (χ2v) is 6.04. The summed E-state index contributed by atoms with van der Waals surface area (Å²) in [5.41, 5.74) is 0. The zero-order valence-electron chi connectivity index (χ0n) is 12.3. The Morgan fingerprint density at radius 3 is 2.86 bits per heavy atom. The maximum Gasteiger partial charge on any atom is 0.226 e. The quantitative estimate of drug-likeness (QED) is 0.758. The van der Waals surface area contributed by atoms with Crippen LogP contribution in [0.4, 0.5) is 11.8 Å². The predicted molar refractivity (Wildman–Crippen MR) is 86.9 cm³/mol. The molecule has 3 aromatic rings. The van der Waals surface area contributed by atoms with Crippen molar-refractivity contribution in [2.75, 3.05) is 17.2 Å². The van der Waals surface area contributed by atoms with E-state index in [0.29, 0.717) is 12.5 Å². The van der Waals surface area contributed by atoms with Gasteiger partial charge in [0.2, 0.25) is 5.95 Å². The van der Waals surface area contributed by atoms with Crippen molar-refractivity contribution in [2.45, 2.75) is 20.4 Å². The molecule has 21 heavy (non-hydrogen) atoms. The molecule has 2 N–H and O–H groups in total. The van der Waals surface area contributed by atoms with Gasteiger partial charge in [-0.1, -0.05) is 0 Å². The highest BCUT2D eigenvalue weighted by atomic mass is 32.1.